The first-order valence-electron chi connectivity index (χ1n) is 7.39. The summed E-state index contributed by atoms with van der Waals surface area (Å²) in [6.07, 6.45) is 3.38. The van der Waals surface area contributed by atoms with Crippen molar-refractivity contribution in [3.63, 3.8) is 0 Å². The van der Waals surface area contributed by atoms with Crippen molar-refractivity contribution in [2.45, 2.75) is 45.6 Å². The molecule has 0 aliphatic rings. The maximum absolute atomic E-state index is 5.94. The smallest absolute Gasteiger partial charge is 0.0462 e. The minimum Gasteiger partial charge on any atom is -0.385 e. The van der Waals surface area contributed by atoms with Gasteiger partial charge in [-0.3, -0.25) is 0 Å². The third kappa shape index (κ3) is 7.88. The van der Waals surface area contributed by atoms with Crippen LogP contribution in [0.1, 0.15) is 39.2 Å². The first kappa shape index (κ1) is 17.5. The molecule has 0 aromatic heterocycles. The molecular weight excluding hydrogens is 270 g/mol. The molecule has 0 bridgehead atoms. The molecule has 114 valence electrons. The SMILES string of the molecule is COCCCC(CNC(C)(C)C)Cc1ccc(Cl)cc1. The van der Waals surface area contributed by atoms with Gasteiger partial charge in [0.25, 0.3) is 0 Å². The largest absolute Gasteiger partial charge is 0.385 e. The number of halogens is 1. The van der Waals surface area contributed by atoms with E-state index in [1.165, 1.54) is 12.0 Å². The summed E-state index contributed by atoms with van der Waals surface area (Å²) in [6.45, 7) is 8.51. The molecule has 20 heavy (non-hydrogen) atoms. The van der Waals surface area contributed by atoms with Gasteiger partial charge in [-0.25, -0.2) is 0 Å². The second-order valence-corrected chi connectivity index (χ2v) is 6.90. The number of benzene rings is 1. The predicted octanol–water partition coefficient (Wildman–Crippen LogP) is 4.31. The lowest BCUT2D eigenvalue weighted by Crippen LogP contribution is -2.39. The third-order valence-electron chi connectivity index (χ3n) is 3.32. The molecule has 0 amide bonds. The van der Waals surface area contributed by atoms with E-state index < -0.39 is 0 Å². The van der Waals surface area contributed by atoms with Crippen LogP contribution in [0, 0.1) is 5.92 Å². The van der Waals surface area contributed by atoms with Crippen LogP contribution in [0.5, 0.6) is 0 Å². The summed E-state index contributed by atoms with van der Waals surface area (Å²) in [6, 6.07) is 8.20. The van der Waals surface area contributed by atoms with Gasteiger partial charge in [-0.1, -0.05) is 23.7 Å². The highest BCUT2D eigenvalue weighted by atomic mass is 35.5. The van der Waals surface area contributed by atoms with E-state index in [9.17, 15) is 0 Å². The van der Waals surface area contributed by atoms with Crippen LogP contribution in [0.4, 0.5) is 0 Å². The van der Waals surface area contributed by atoms with Crippen molar-refractivity contribution in [2.24, 2.45) is 5.92 Å². The van der Waals surface area contributed by atoms with Gasteiger partial charge < -0.3 is 10.1 Å². The van der Waals surface area contributed by atoms with Crippen molar-refractivity contribution in [1.82, 2.24) is 5.32 Å². The molecule has 0 heterocycles. The summed E-state index contributed by atoms with van der Waals surface area (Å²) < 4.78 is 5.17. The van der Waals surface area contributed by atoms with Crippen molar-refractivity contribution >= 4 is 11.6 Å². The fraction of sp³-hybridized carbons (Fsp3) is 0.647. The van der Waals surface area contributed by atoms with Crippen molar-refractivity contribution in [2.75, 3.05) is 20.3 Å². The van der Waals surface area contributed by atoms with Crippen LogP contribution in [-0.4, -0.2) is 25.8 Å². The molecule has 1 unspecified atom stereocenters. The Morgan fingerprint density at radius 3 is 2.40 bits per heavy atom. The molecule has 0 aliphatic heterocycles. The van der Waals surface area contributed by atoms with Gasteiger partial charge in [0.1, 0.15) is 0 Å². The minimum absolute atomic E-state index is 0.166. The van der Waals surface area contributed by atoms with Crippen LogP contribution in [-0.2, 0) is 11.2 Å². The van der Waals surface area contributed by atoms with E-state index in [0.29, 0.717) is 5.92 Å². The number of hydrogen-bond donors (Lipinski definition) is 1. The maximum Gasteiger partial charge on any atom is 0.0462 e. The Morgan fingerprint density at radius 1 is 1.20 bits per heavy atom. The van der Waals surface area contributed by atoms with Crippen LogP contribution in [0.3, 0.4) is 0 Å². The first-order valence-corrected chi connectivity index (χ1v) is 7.77. The Hall–Kier alpha value is -0.570. The molecule has 0 spiro atoms. The molecular formula is C17H28ClNO. The van der Waals surface area contributed by atoms with Crippen molar-refractivity contribution < 1.29 is 4.74 Å². The fourth-order valence-electron chi connectivity index (χ4n) is 2.20. The lowest BCUT2D eigenvalue weighted by atomic mass is 9.93. The summed E-state index contributed by atoms with van der Waals surface area (Å²) in [7, 11) is 1.77. The van der Waals surface area contributed by atoms with Crippen LogP contribution < -0.4 is 5.32 Å². The van der Waals surface area contributed by atoms with E-state index in [-0.39, 0.29) is 5.54 Å². The highest BCUT2D eigenvalue weighted by Crippen LogP contribution is 2.17. The number of rotatable bonds is 8. The summed E-state index contributed by atoms with van der Waals surface area (Å²) in [4.78, 5) is 0. The molecule has 1 aromatic carbocycles. The van der Waals surface area contributed by atoms with Crippen molar-refractivity contribution in [3.05, 3.63) is 34.9 Å². The monoisotopic (exact) mass is 297 g/mol. The van der Waals surface area contributed by atoms with Crippen LogP contribution in [0.15, 0.2) is 24.3 Å². The second-order valence-electron chi connectivity index (χ2n) is 6.46. The van der Waals surface area contributed by atoms with Crippen molar-refractivity contribution in [3.8, 4) is 0 Å². The summed E-state index contributed by atoms with van der Waals surface area (Å²) in [5.41, 5.74) is 1.52. The Kier molecular flexibility index (Phi) is 7.57. The van der Waals surface area contributed by atoms with E-state index in [0.717, 1.165) is 31.0 Å². The number of nitrogens with one attached hydrogen (secondary N) is 1. The van der Waals surface area contributed by atoms with Gasteiger partial charge in [-0.05, 0) is 70.2 Å². The average molecular weight is 298 g/mol. The molecule has 2 nitrogen and oxygen atoms in total. The maximum atomic E-state index is 5.94. The Balaban J connectivity index is 2.54. The zero-order valence-corrected chi connectivity index (χ0v) is 14.0. The molecule has 0 radical (unpaired) electrons. The van der Waals surface area contributed by atoms with Crippen LogP contribution in [0.2, 0.25) is 5.02 Å². The van der Waals surface area contributed by atoms with Crippen LogP contribution >= 0.6 is 11.6 Å². The van der Waals surface area contributed by atoms with E-state index in [2.05, 4.69) is 38.2 Å². The topological polar surface area (TPSA) is 21.3 Å². The summed E-state index contributed by atoms with van der Waals surface area (Å²) in [5, 5.41) is 4.42. The highest BCUT2D eigenvalue weighted by Gasteiger charge is 2.14. The molecule has 0 aliphatic carbocycles. The molecule has 0 saturated heterocycles. The van der Waals surface area contributed by atoms with E-state index in [1.54, 1.807) is 7.11 Å². The van der Waals surface area contributed by atoms with Gasteiger partial charge in [0.2, 0.25) is 0 Å². The zero-order valence-electron chi connectivity index (χ0n) is 13.2. The lowest BCUT2D eigenvalue weighted by molar-refractivity contribution is 0.185. The first-order chi connectivity index (χ1) is 9.40. The van der Waals surface area contributed by atoms with E-state index in [1.807, 2.05) is 12.1 Å². The summed E-state index contributed by atoms with van der Waals surface area (Å²) >= 11 is 5.94. The molecule has 0 saturated carbocycles. The minimum atomic E-state index is 0.166. The van der Waals surface area contributed by atoms with Gasteiger partial charge in [-0.2, -0.15) is 0 Å². The van der Waals surface area contributed by atoms with E-state index >= 15 is 0 Å². The Bertz CT molecular complexity index is 370. The number of methoxy groups -OCH3 is 1. The third-order valence-corrected chi connectivity index (χ3v) is 3.57. The highest BCUT2D eigenvalue weighted by molar-refractivity contribution is 6.30. The predicted molar refractivity (Wildman–Crippen MR) is 87.5 cm³/mol. The summed E-state index contributed by atoms with van der Waals surface area (Å²) in [5.74, 6) is 0.630. The van der Waals surface area contributed by atoms with Gasteiger partial charge in [0.15, 0.2) is 0 Å². The lowest BCUT2D eigenvalue weighted by Gasteiger charge is -2.25. The fourth-order valence-corrected chi connectivity index (χ4v) is 2.32. The standard InChI is InChI=1S/C17H28ClNO/c1-17(2,3)19-13-15(6-5-11-20-4)12-14-7-9-16(18)10-8-14/h7-10,15,19H,5-6,11-13H2,1-4H3. The van der Waals surface area contributed by atoms with Crippen LogP contribution in [0.25, 0.3) is 0 Å². The zero-order chi connectivity index (χ0) is 15.0. The quantitative estimate of drug-likeness (QED) is 0.722. The number of hydrogen-bond acceptors (Lipinski definition) is 2. The number of ether oxygens (including phenoxy) is 1. The second kappa shape index (κ2) is 8.66. The van der Waals surface area contributed by atoms with Gasteiger partial charge in [0, 0.05) is 24.3 Å². The Morgan fingerprint density at radius 2 is 1.85 bits per heavy atom. The average Bonchev–Trinajstić information content (AvgIpc) is 2.37. The van der Waals surface area contributed by atoms with Gasteiger partial charge in [0.05, 0.1) is 0 Å². The molecule has 0 fully saturated rings. The van der Waals surface area contributed by atoms with Gasteiger partial charge in [-0.15, -0.1) is 0 Å². The van der Waals surface area contributed by atoms with Gasteiger partial charge >= 0.3 is 0 Å². The molecule has 1 aromatic rings. The normalized spacial score (nSPS) is 13.4. The molecule has 1 rings (SSSR count). The molecule has 1 N–H and O–H groups in total. The molecule has 1 atom stereocenters. The Labute approximate surface area is 128 Å². The van der Waals surface area contributed by atoms with E-state index in [4.69, 9.17) is 16.3 Å². The molecule has 3 heteroatoms. The van der Waals surface area contributed by atoms with Crippen molar-refractivity contribution in [1.29, 1.82) is 0 Å².